The normalized spacial score (nSPS) is 17.8. The van der Waals surface area contributed by atoms with E-state index in [1.807, 2.05) is 12.1 Å². The predicted octanol–water partition coefficient (Wildman–Crippen LogP) is 1.94. The minimum absolute atomic E-state index is 0.0238. The first-order valence-electron chi connectivity index (χ1n) is 7.47. The lowest BCUT2D eigenvalue weighted by Gasteiger charge is -2.19. The average molecular weight is 320 g/mol. The Bertz CT molecular complexity index is 751. The molecule has 6 heteroatoms. The van der Waals surface area contributed by atoms with Gasteiger partial charge in [-0.2, -0.15) is 0 Å². The summed E-state index contributed by atoms with van der Waals surface area (Å²) in [6.45, 7) is 0.622. The number of carbonyl (C=O) groups excluding carboxylic acids is 1. The first kappa shape index (κ1) is 15.2. The number of fused-ring (bicyclic) bond motifs is 1. The summed E-state index contributed by atoms with van der Waals surface area (Å²) in [5.41, 5.74) is 2.62. The Morgan fingerprint density at radius 2 is 2.00 bits per heavy atom. The van der Waals surface area contributed by atoms with Crippen molar-refractivity contribution in [3.05, 3.63) is 35.4 Å². The number of nitrogens with zero attached hydrogens (tertiary/aromatic N) is 2. The van der Waals surface area contributed by atoms with Gasteiger partial charge in [0.1, 0.15) is 0 Å². The summed E-state index contributed by atoms with van der Waals surface area (Å²) >= 11 is 0. The summed E-state index contributed by atoms with van der Waals surface area (Å²) in [7, 11) is -0.468. The lowest BCUT2D eigenvalue weighted by molar-refractivity contribution is -0.115. The van der Waals surface area contributed by atoms with Gasteiger partial charge < -0.3 is 4.90 Å². The molecule has 118 valence electrons. The molecular formula is C16H20N2O3S. The first-order chi connectivity index (χ1) is 10.4. The molecule has 3 rings (SSSR count). The molecule has 22 heavy (non-hydrogen) atoms. The van der Waals surface area contributed by atoms with Crippen LogP contribution in [0.4, 0.5) is 5.69 Å². The van der Waals surface area contributed by atoms with E-state index in [0.717, 1.165) is 42.5 Å². The number of amides is 1. The highest BCUT2D eigenvalue weighted by atomic mass is 32.2. The Morgan fingerprint density at radius 1 is 1.23 bits per heavy atom. The molecule has 0 spiro atoms. The number of hydrogen-bond acceptors (Lipinski definition) is 3. The molecule has 0 N–H and O–H groups in total. The second kappa shape index (κ2) is 5.52. The van der Waals surface area contributed by atoms with Crippen LogP contribution in [0.3, 0.4) is 0 Å². The van der Waals surface area contributed by atoms with Gasteiger partial charge in [-0.05, 0) is 43.4 Å². The topological polar surface area (TPSA) is 57.7 Å². The van der Waals surface area contributed by atoms with Crippen LogP contribution in [0.1, 0.15) is 24.8 Å². The first-order valence-corrected chi connectivity index (χ1v) is 8.91. The van der Waals surface area contributed by atoms with Gasteiger partial charge in [0.05, 0.1) is 4.90 Å². The summed E-state index contributed by atoms with van der Waals surface area (Å²) in [4.78, 5) is 14.6. The minimum atomic E-state index is -3.49. The van der Waals surface area contributed by atoms with E-state index in [0.29, 0.717) is 6.54 Å². The molecule has 1 amide bonds. The number of rotatable bonds is 3. The zero-order valence-corrected chi connectivity index (χ0v) is 13.7. The summed E-state index contributed by atoms with van der Waals surface area (Å²) in [6, 6.07) is 5.07. The highest BCUT2D eigenvalue weighted by Crippen LogP contribution is 2.33. The molecule has 1 aliphatic heterocycles. The van der Waals surface area contributed by atoms with Crippen LogP contribution in [0.5, 0.6) is 0 Å². The lowest BCUT2D eigenvalue weighted by Crippen LogP contribution is -2.30. The van der Waals surface area contributed by atoms with Crippen molar-refractivity contribution in [2.24, 2.45) is 0 Å². The quantitative estimate of drug-likeness (QED) is 0.855. The monoisotopic (exact) mass is 320 g/mol. The molecule has 1 aliphatic carbocycles. The third kappa shape index (κ3) is 2.46. The molecule has 2 aliphatic rings. The maximum Gasteiger partial charge on any atom is 0.253 e. The van der Waals surface area contributed by atoms with E-state index >= 15 is 0 Å². The largest absolute Gasteiger partial charge is 0.308 e. The molecule has 0 fully saturated rings. The van der Waals surface area contributed by atoms with Gasteiger partial charge in [-0.1, -0.05) is 12.1 Å². The zero-order chi connectivity index (χ0) is 15.9. The summed E-state index contributed by atoms with van der Waals surface area (Å²) in [5.74, 6) is 0.0238. The smallest absolute Gasteiger partial charge is 0.253 e. The summed E-state index contributed by atoms with van der Waals surface area (Å²) in [5, 5.41) is 0. The second-order valence-electron chi connectivity index (χ2n) is 5.91. The molecule has 0 aromatic heterocycles. The minimum Gasteiger partial charge on any atom is -0.308 e. The Kier molecular flexibility index (Phi) is 3.82. The van der Waals surface area contributed by atoms with Gasteiger partial charge in [0.25, 0.3) is 5.91 Å². The van der Waals surface area contributed by atoms with Crippen LogP contribution in [0.25, 0.3) is 0 Å². The summed E-state index contributed by atoms with van der Waals surface area (Å²) in [6.07, 6.45) is 5.57. The molecule has 0 saturated carbocycles. The number of hydrogen-bond donors (Lipinski definition) is 0. The van der Waals surface area contributed by atoms with Crippen LogP contribution in [-0.4, -0.2) is 39.3 Å². The number of allylic oxidation sites excluding steroid dienone is 1. The van der Waals surface area contributed by atoms with Crippen molar-refractivity contribution in [1.82, 2.24) is 4.31 Å². The Balaban J connectivity index is 1.98. The van der Waals surface area contributed by atoms with Crippen molar-refractivity contribution >= 4 is 21.6 Å². The predicted molar refractivity (Wildman–Crippen MR) is 85.3 cm³/mol. The van der Waals surface area contributed by atoms with Crippen molar-refractivity contribution < 1.29 is 13.2 Å². The van der Waals surface area contributed by atoms with Crippen LogP contribution >= 0.6 is 0 Å². The van der Waals surface area contributed by atoms with E-state index in [-0.39, 0.29) is 10.8 Å². The average Bonchev–Trinajstić information content (AvgIpc) is 3.15. The van der Waals surface area contributed by atoms with Gasteiger partial charge in [0, 0.05) is 31.9 Å². The van der Waals surface area contributed by atoms with Crippen LogP contribution in [-0.2, 0) is 21.2 Å². The Labute approximate surface area is 131 Å². The number of carbonyl (C=O) groups is 1. The molecular weight excluding hydrogens is 300 g/mol. The lowest BCUT2D eigenvalue weighted by atomic mass is 10.1. The fourth-order valence-electron chi connectivity index (χ4n) is 2.98. The van der Waals surface area contributed by atoms with Gasteiger partial charge in [0.2, 0.25) is 10.0 Å². The molecule has 0 atom stereocenters. The maximum absolute atomic E-state index is 12.6. The van der Waals surface area contributed by atoms with Gasteiger partial charge in [-0.15, -0.1) is 0 Å². The van der Waals surface area contributed by atoms with E-state index in [1.54, 1.807) is 17.0 Å². The number of anilines is 1. The second-order valence-corrected chi connectivity index (χ2v) is 8.06. The van der Waals surface area contributed by atoms with E-state index < -0.39 is 10.0 Å². The van der Waals surface area contributed by atoms with E-state index in [9.17, 15) is 13.2 Å². The molecule has 1 heterocycles. The molecule has 0 radical (unpaired) electrons. The van der Waals surface area contributed by atoms with Crippen molar-refractivity contribution in [2.45, 2.75) is 30.6 Å². The van der Waals surface area contributed by atoms with Crippen molar-refractivity contribution in [3.8, 4) is 0 Å². The van der Waals surface area contributed by atoms with E-state index in [1.165, 1.54) is 18.4 Å². The highest BCUT2D eigenvalue weighted by molar-refractivity contribution is 7.89. The van der Waals surface area contributed by atoms with Crippen molar-refractivity contribution in [2.75, 3.05) is 25.5 Å². The highest BCUT2D eigenvalue weighted by Gasteiger charge is 2.29. The standard InChI is InChI=1S/C16H20N2O3S/c1-17(2)22(20,21)14-8-7-12-9-10-18(15(12)11-14)16(19)13-5-3-4-6-13/h5,7-8,11H,3-4,6,9-10H2,1-2H3. The molecule has 0 unspecified atom stereocenters. The number of benzene rings is 1. The Hall–Kier alpha value is -1.66. The van der Waals surface area contributed by atoms with Crippen LogP contribution in [0, 0.1) is 0 Å². The van der Waals surface area contributed by atoms with Gasteiger partial charge in [0.15, 0.2) is 0 Å². The van der Waals surface area contributed by atoms with Gasteiger partial charge in [-0.3, -0.25) is 4.79 Å². The molecule has 1 aromatic rings. The van der Waals surface area contributed by atoms with Crippen LogP contribution < -0.4 is 4.90 Å². The molecule has 0 bridgehead atoms. The van der Waals surface area contributed by atoms with E-state index in [4.69, 9.17) is 0 Å². The van der Waals surface area contributed by atoms with Crippen LogP contribution in [0.2, 0.25) is 0 Å². The third-order valence-electron chi connectivity index (χ3n) is 4.29. The molecule has 1 aromatic carbocycles. The van der Waals surface area contributed by atoms with Crippen molar-refractivity contribution in [1.29, 1.82) is 0 Å². The summed E-state index contributed by atoms with van der Waals surface area (Å²) < 4.78 is 25.7. The van der Waals surface area contributed by atoms with Gasteiger partial charge >= 0.3 is 0 Å². The Morgan fingerprint density at radius 3 is 2.64 bits per heavy atom. The zero-order valence-electron chi connectivity index (χ0n) is 12.9. The fraction of sp³-hybridized carbons (Fsp3) is 0.438. The van der Waals surface area contributed by atoms with Crippen molar-refractivity contribution in [3.63, 3.8) is 0 Å². The van der Waals surface area contributed by atoms with Crippen LogP contribution in [0.15, 0.2) is 34.7 Å². The fourth-order valence-corrected chi connectivity index (χ4v) is 3.90. The third-order valence-corrected chi connectivity index (χ3v) is 6.10. The molecule has 0 saturated heterocycles. The maximum atomic E-state index is 12.6. The van der Waals surface area contributed by atoms with E-state index in [2.05, 4.69) is 0 Å². The molecule has 5 nitrogen and oxygen atoms in total. The van der Waals surface area contributed by atoms with Gasteiger partial charge in [-0.25, -0.2) is 12.7 Å². The number of sulfonamides is 1. The SMILES string of the molecule is CN(C)S(=O)(=O)c1ccc2c(c1)N(C(=O)C1=CCCC1)CC2.